The van der Waals surface area contributed by atoms with E-state index in [-0.39, 0.29) is 31.9 Å². The second-order valence-electron chi connectivity index (χ2n) is 14.5. The number of hydrogen-bond donors (Lipinski definition) is 0. The molecule has 0 fully saturated rings. The van der Waals surface area contributed by atoms with E-state index in [1.54, 1.807) is 0 Å². The van der Waals surface area contributed by atoms with Gasteiger partial charge in [0, 0.05) is 68.3 Å². The van der Waals surface area contributed by atoms with Gasteiger partial charge in [0.15, 0.2) is 0 Å². The van der Waals surface area contributed by atoms with Crippen molar-refractivity contribution < 1.29 is 30.2 Å². The van der Waals surface area contributed by atoms with Gasteiger partial charge in [-0.05, 0) is 28.5 Å². The number of furan rings is 1. The Hall–Kier alpha value is -5.45. The molecule has 10 aromatic rings. The Bertz CT molecular complexity index is 3090. The van der Waals surface area contributed by atoms with Crippen molar-refractivity contribution in [2.24, 2.45) is 0 Å². The Labute approximate surface area is 307 Å². The molecule has 0 N–H and O–H groups in total. The molecule has 0 aliphatic carbocycles. The zero-order valence-corrected chi connectivity index (χ0v) is 30.6. The molecule has 0 bridgehead atoms. The minimum Gasteiger partial charge on any atom is -0.503 e. The summed E-state index contributed by atoms with van der Waals surface area (Å²) in [6, 6.07) is 40.5. The number of nitrogens with zero attached hydrogens (tertiary/aromatic N) is 4. The number of fused-ring (bicyclic) bond motifs is 9. The number of para-hydroxylation sites is 3. The maximum absolute atomic E-state index is 6.57. The first kappa shape index (κ1) is 30.4. The van der Waals surface area contributed by atoms with Crippen molar-refractivity contribution in [3.8, 4) is 17.3 Å². The third-order valence-electron chi connectivity index (χ3n) is 11.6. The van der Waals surface area contributed by atoms with Gasteiger partial charge in [-0.1, -0.05) is 105 Å². The molecule has 5 aromatic carbocycles. The molecule has 0 amide bonds. The number of aromatic nitrogens is 4. The molecule has 7 heteroatoms. The van der Waals surface area contributed by atoms with Crippen molar-refractivity contribution in [2.75, 3.05) is 0 Å². The summed E-state index contributed by atoms with van der Waals surface area (Å²) in [6.07, 6.45) is 3.95. The molecule has 0 radical (unpaired) electrons. The molecule has 5 aromatic heterocycles. The van der Waals surface area contributed by atoms with Gasteiger partial charge in [-0.2, -0.15) is 6.07 Å². The molecule has 1 aliphatic heterocycles. The largest absolute Gasteiger partial charge is 2.00 e. The summed E-state index contributed by atoms with van der Waals surface area (Å²) in [5, 5.41) is 7.47. The maximum Gasteiger partial charge on any atom is 2.00 e. The van der Waals surface area contributed by atoms with Crippen LogP contribution in [0.5, 0.6) is 11.5 Å². The monoisotopic (exact) mass is 841 g/mol. The molecule has 6 nitrogen and oxygen atoms in total. The van der Waals surface area contributed by atoms with Crippen LogP contribution in [-0.2, 0) is 31.9 Å². The van der Waals surface area contributed by atoms with Gasteiger partial charge in [0.1, 0.15) is 17.0 Å². The van der Waals surface area contributed by atoms with Crippen molar-refractivity contribution in [3.63, 3.8) is 0 Å². The van der Waals surface area contributed by atoms with Crippen LogP contribution in [0.3, 0.4) is 0 Å². The molecule has 11 rings (SSSR count). The topological polar surface area (TPSA) is 57.5 Å². The van der Waals surface area contributed by atoms with Crippen LogP contribution in [0.2, 0.25) is 0 Å². The van der Waals surface area contributed by atoms with Gasteiger partial charge in [-0.3, -0.25) is 4.98 Å². The van der Waals surface area contributed by atoms with E-state index in [1.165, 1.54) is 22.2 Å². The Morgan fingerprint density at radius 1 is 0.647 bits per heavy atom. The van der Waals surface area contributed by atoms with E-state index in [0.717, 1.165) is 66.0 Å². The van der Waals surface area contributed by atoms with Crippen molar-refractivity contribution in [1.29, 1.82) is 0 Å². The van der Waals surface area contributed by atoms with Crippen LogP contribution in [0.15, 0.2) is 114 Å². The summed E-state index contributed by atoms with van der Waals surface area (Å²) in [5.41, 5.74) is 8.03. The average molecular weight is 842 g/mol. The normalized spacial score (nSPS) is 14.8. The van der Waals surface area contributed by atoms with Crippen LogP contribution in [0.1, 0.15) is 39.0 Å². The van der Waals surface area contributed by atoms with Crippen LogP contribution in [0.25, 0.3) is 76.9 Å². The van der Waals surface area contributed by atoms with E-state index in [2.05, 4.69) is 109 Å². The van der Waals surface area contributed by atoms with Crippen LogP contribution >= 0.6 is 0 Å². The Kier molecular flexibility index (Phi) is 6.14. The Morgan fingerprint density at radius 2 is 1.39 bits per heavy atom. The molecule has 0 unspecified atom stereocenters. The number of ether oxygens (including phenoxy) is 1. The molecule has 248 valence electrons. The summed E-state index contributed by atoms with van der Waals surface area (Å²) in [7, 11) is 0. The maximum atomic E-state index is 6.57. The SMILES string of the molecule is CC1(C)c2cccc3c4ccc(Oc5[c-]c6c(cc5)c5ccccc5n6-c5cc6oc7ccccc7c6cn5)[c-]c4c4ncc(n4c23)C1(C)C.[Pt+2]. The van der Waals surface area contributed by atoms with Gasteiger partial charge < -0.3 is 18.1 Å². The van der Waals surface area contributed by atoms with Crippen molar-refractivity contribution in [2.45, 2.75) is 38.5 Å². The molecule has 0 saturated carbocycles. The molecule has 0 saturated heterocycles. The molecule has 1 aliphatic rings. The fourth-order valence-electron chi connectivity index (χ4n) is 8.32. The van der Waals surface area contributed by atoms with Crippen LogP contribution in [0, 0.1) is 12.1 Å². The molecular formula is C44H30N4O2Pt. The summed E-state index contributed by atoms with van der Waals surface area (Å²) in [4.78, 5) is 9.94. The number of pyridine rings is 2. The molecule has 0 spiro atoms. The smallest absolute Gasteiger partial charge is 0.503 e. The summed E-state index contributed by atoms with van der Waals surface area (Å²) >= 11 is 0. The summed E-state index contributed by atoms with van der Waals surface area (Å²) < 4.78 is 17.3. The van der Waals surface area contributed by atoms with Crippen molar-refractivity contribution in [1.82, 2.24) is 18.9 Å². The average Bonchev–Trinajstić information content (AvgIpc) is 3.83. The van der Waals surface area contributed by atoms with E-state index in [4.69, 9.17) is 19.1 Å². The number of imidazole rings is 1. The second kappa shape index (κ2) is 10.3. The number of benzene rings is 5. The van der Waals surface area contributed by atoms with Crippen molar-refractivity contribution in [3.05, 3.63) is 133 Å². The Morgan fingerprint density at radius 3 is 2.25 bits per heavy atom. The minimum atomic E-state index is -0.123. The third-order valence-corrected chi connectivity index (χ3v) is 11.6. The van der Waals surface area contributed by atoms with Gasteiger partial charge >= 0.3 is 21.1 Å². The van der Waals surface area contributed by atoms with Crippen molar-refractivity contribution >= 4 is 71.1 Å². The predicted octanol–water partition coefficient (Wildman–Crippen LogP) is 11.0. The molecule has 0 atom stereocenters. The van der Waals surface area contributed by atoms with E-state index in [0.29, 0.717) is 11.5 Å². The molecular weight excluding hydrogens is 812 g/mol. The second-order valence-corrected chi connectivity index (χ2v) is 14.5. The van der Waals surface area contributed by atoms with E-state index in [9.17, 15) is 0 Å². The van der Waals surface area contributed by atoms with Gasteiger partial charge in [0.25, 0.3) is 0 Å². The number of hydrogen-bond acceptors (Lipinski definition) is 4. The quantitative estimate of drug-likeness (QED) is 0.131. The predicted molar refractivity (Wildman–Crippen MR) is 200 cm³/mol. The van der Waals surface area contributed by atoms with Crippen LogP contribution in [-0.4, -0.2) is 18.9 Å². The fourth-order valence-corrected chi connectivity index (χ4v) is 8.32. The third kappa shape index (κ3) is 3.91. The minimum absolute atomic E-state index is 0. The molecule has 6 heterocycles. The number of rotatable bonds is 3. The van der Waals surface area contributed by atoms with E-state index < -0.39 is 0 Å². The summed E-state index contributed by atoms with van der Waals surface area (Å²) in [6.45, 7) is 9.33. The fraction of sp³-hybridized carbons (Fsp3) is 0.136. The summed E-state index contributed by atoms with van der Waals surface area (Å²) in [5.74, 6) is 1.95. The first-order valence-corrected chi connectivity index (χ1v) is 17.0. The standard InChI is InChI=1S/C44H30N4O2.Pt/c1-43(2)34-13-9-12-31-27-18-16-25(20-32(27)42-46-24-39(44(43,3)4)48(42)41(31)34)49-26-17-19-29-28-10-5-7-14-35(28)47(36(29)21-26)40-22-38-33(23-45-40)30-11-6-8-15-37(30)50-38;/h5-19,22-24H,1-4H3;/q-2;+2. The van der Waals surface area contributed by atoms with E-state index >= 15 is 0 Å². The first-order chi connectivity index (χ1) is 24.3. The van der Waals surface area contributed by atoms with E-state index in [1.807, 2.05) is 48.8 Å². The Balaban J connectivity index is 0.00000327. The van der Waals surface area contributed by atoms with Gasteiger partial charge in [0.05, 0.1) is 5.65 Å². The molecule has 51 heavy (non-hydrogen) atoms. The zero-order valence-electron chi connectivity index (χ0n) is 28.3. The van der Waals surface area contributed by atoms with Gasteiger partial charge in [-0.25, -0.2) is 4.98 Å². The van der Waals surface area contributed by atoms with Crippen LogP contribution in [0.4, 0.5) is 0 Å². The van der Waals surface area contributed by atoms with Gasteiger partial charge in [0.2, 0.25) is 0 Å². The zero-order chi connectivity index (χ0) is 33.5. The van der Waals surface area contributed by atoms with Gasteiger partial charge in [-0.15, -0.1) is 29.7 Å². The first-order valence-electron chi connectivity index (χ1n) is 17.0. The van der Waals surface area contributed by atoms with Crippen LogP contribution < -0.4 is 4.74 Å².